The third-order valence-electron chi connectivity index (χ3n) is 8.32. The molecule has 1 aliphatic rings. The molecular weight excluding hydrogens is 526 g/mol. The monoisotopic (exact) mass is 571 g/mol. The van der Waals surface area contributed by atoms with E-state index in [0.717, 1.165) is 76.5 Å². The van der Waals surface area contributed by atoms with E-state index in [4.69, 9.17) is 14.7 Å². The van der Waals surface area contributed by atoms with Gasteiger partial charge in [0.2, 0.25) is 0 Å². The number of piperidine rings is 1. The van der Waals surface area contributed by atoms with E-state index in [1.807, 2.05) is 0 Å². The standard InChI is InChI=1S/C39H45N3O/c1-7-21-43-39-34(31-15-10-8-11-16-31)24-33(25-35(39)32-17-12-9-13-18-32)40-29(5)36-19-14-20-37(42-36)30(6)41-38-27(3)22-26(2)23-28(38)4/h8-13,15-18,22-25,36-37,42H,7,14,19-21H2,1-6H3. The summed E-state index contributed by atoms with van der Waals surface area (Å²) in [5.74, 6) is 0.917. The lowest BCUT2D eigenvalue weighted by Crippen LogP contribution is -2.49. The second-order valence-electron chi connectivity index (χ2n) is 11.9. The number of rotatable bonds is 9. The van der Waals surface area contributed by atoms with Crippen LogP contribution in [-0.2, 0) is 0 Å². The average Bonchev–Trinajstić information content (AvgIpc) is 3.02. The molecule has 0 amide bonds. The van der Waals surface area contributed by atoms with Gasteiger partial charge in [-0.3, -0.25) is 9.98 Å². The number of hydrogen-bond donors (Lipinski definition) is 1. The van der Waals surface area contributed by atoms with Gasteiger partial charge in [-0.1, -0.05) is 85.3 Å². The highest BCUT2D eigenvalue weighted by atomic mass is 16.5. The normalized spacial score (nSPS) is 17.6. The molecule has 1 heterocycles. The molecule has 1 aliphatic heterocycles. The van der Waals surface area contributed by atoms with Crippen LogP contribution in [0.4, 0.5) is 11.4 Å². The maximum atomic E-state index is 6.44. The largest absolute Gasteiger partial charge is 0.492 e. The van der Waals surface area contributed by atoms with E-state index in [0.29, 0.717) is 6.61 Å². The molecule has 0 saturated carbocycles. The number of ether oxygens (including phenoxy) is 1. The van der Waals surface area contributed by atoms with Crippen LogP contribution in [0, 0.1) is 20.8 Å². The maximum Gasteiger partial charge on any atom is 0.135 e. The van der Waals surface area contributed by atoms with Gasteiger partial charge in [-0.25, -0.2) is 0 Å². The highest BCUT2D eigenvalue weighted by Gasteiger charge is 2.25. The van der Waals surface area contributed by atoms with Crippen LogP contribution in [-0.4, -0.2) is 30.1 Å². The summed E-state index contributed by atoms with van der Waals surface area (Å²) in [4.78, 5) is 10.4. The van der Waals surface area contributed by atoms with E-state index in [-0.39, 0.29) is 12.1 Å². The maximum absolute atomic E-state index is 6.44. The van der Waals surface area contributed by atoms with E-state index in [1.165, 1.54) is 16.7 Å². The fourth-order valence-corrected chi connectivity index (χ4v) is 6.18. The Morgan fingerprint density at radius 1 is 0.744 bits per heavy atom. The molecule has 0 radical (unpaired) electrons. The molecule has 4 aromatic rings. The Kier molecular flexibility index (Phi) is 9.89. The van der Waals surface area contributed by atoms with E-state index in [9.17, 15) is 0 Å². The van der Waals surface area contributed by atoms with Crippen molar-refractivity contribution in [2.24, 2.45) is 9.98 Å². The lowest BCUT2D eigenvalue weighted by atomic mass is 9.93. The molecular formula is C39H45N3O. The topological polar surface area (TPSA) is 46.0 Å². The van der Waals surface area contributed by atoms with Crippen LogP contribution >= 0.6 is 0 Å². The first kappa shape index (κ1) is 30.4. The van der Waals surface area contributed by atoms with Crippen molar-refractivity contribution in [3.63, 3.8) is 0 Å². The van der Waals surface area contributed by atoms with Crippen molar-refractivity contribution in [3.8, 4) is 28.0 Å². The Hall–Kier alpha value is -4.02. The molecule has 2 unspecified atom stereocenters. The van der Waals surface area contributed by atoms with Gasteiger partial charge in [0.15, 0.2) is 0 Å². The molecule has 2 atom stereocenters. The molecule has 1 saturated heterocycles. The zero-order chi connectivity index (χ0) is 30.3. The highest BCUT2D eigenvalue weighted by molar-refractivity contribution is 5.94. The quantitative estimate of drug-likeness (QED) is 0.203. The molecule has 4 nitrogen and oxygen atoms in total. The van der Waals surface area contributed by atoms with Crippen LogP contribution in [0.1, 0.15) is 63.1 Å². The van der Waals surface area contributed by atoms with Crippen molar-refractivity contribution >= 4 is 22.8 Å². The summed E-state index contributed by atoms with van der Waals surface area (Å²) in [6.07, 6.45) is 4.24. The number of nitrogens with zero attached hydrogens (tertiary/aromatic N) is 2. The minimum absolute atomic E-state index is 0.195. The van der Waals surface area contributed by atoms with Crippen LogP contribution in [0.15, 0.2) is 94.9 Å². The van der Waals surface area contributed by atoms with Crippen LogP contribution < -0.4 is 10.1 Å². The predicted octanol–water partition coefficient (Wildman–Crippen LogP) is 10.1. The molecule has 1 fully saturated rings. The summed E-state index contributed by atoms with van der Waals surface area (Å²) in [6.45, 7) is 13.6. The highest BCUT2D eigenvalue weighted by Crippen LogP contribution is 2.42. The van der Waals surface area contributed by atoms with Gasteiger partial charge in [-0.05, 0) is 94.7 Å². The Morgan fingerprint density at radius 2 is 1.26 bits per heavy atom. The van der Waals surface area contributed by atoms with Crippen LogP contribution in [0.2, 0.25) is 0 Å². The summed E-state index contributed by atoms with van der Waals surface area (Å²) >= 11 is 0. The SMILES string of the molecule is CCCOc1c(-c2ccccc2)cc(N=C(C)C2CCCC(C(C)=Nc3c(C)cc(C)cc3C)N2)cc1-c1ccccc1. The minimum atomic E-state index is 0.195. The summed E-state index contributed by atoms with van der Waals surface area (Å²) in [7, 11) is 0. The van der Waals surface area contributed by atoms with Gasteiger partial charge >= 0.3 is 0 Å². The van der Waals surface area contributed by atoms with E-state index in [1.54, 1.807) is 0 Å². The fraction of sp³-hybridized carbons (Fsp3) is 0.333. The van der Waals surface area contributed by atoms with Gasteiger partial charge in [0.25, 0.3) is 0 Å². The van der Waals surface area contributed by atoms with Crippen LogP contribution in [0.25, 0.3) is 22.3 Å². The van der Waals surface area contributed by atoms with Crippen molar-refractivity contribution in [1.82, 2.24) is 5.32 Å². The Balaban J connectivity index is 1.49. The molecule has 222 valence electrons. The van der Waals surface area contributed by atoms with E-state index >= 15 is 0 Å². The molecule has 43 heavy (non-hydrogen) atoms. The second-order valence-corrected chi connectivity index (χ2v) is 11.9. The van der Waals surface area contributed by atoms with Crippen molar-refractivity contribution < 1.29 is 4.74 Å². The van der Waals surface area contributed by atoms with E-state index < -0.39 is 0 Å². The average molecular weight is 572 g/mol. The van der Waals surface area contributed by atoms with Gasteiger partial charge in [0.05, 0.1) is 18.0 Å². The lowest BCUT2D eigenvalue weighted by molar-refractivity contribution is 0.320. The Bertz CT molecular complexity index is 1520. The first-order valence-electron chi connectivity index (χ1n) is 15.7. The summed E-state index contributed by atoms with van der Waals surface area (Å²) in [6, 6.07) is 30.3. The Labute approximate surface area is 258 Å². The number of aliphatic imine (C=N–C) groups is 2. The second kappa shape index (κ2) is 14.0. The molecule has 1 N–H and O–H groups in total. The molecule has 0 bridgehead atoms. The van der Waals surface area contributed by atoms with Gasteiger partial charge in [-0.2, -0.15) is 0 Å². The lowest BCUT2D eigenvalue weighted by Gasteiger charge is -2.31. The molecule has 0 aliphatic carbocycles. The third kappa shape index (κ3) is 7.32. The van der Waals surface area contributed by atoms with Crippen LogP contribution in [0.3, 0.4) is 0 Å². The minimum Gasteiger partial charge on any atom is -0.492 e. The number of benzene rings is 4. The van der Waals surface area contributed by atoms with Crippen molar-refractivity contribution in [3.05, 3.63) is 102 Å². The number of nitrogens with one attached hydrogen (secondary N) is 1. The van der Waals surface area contributed by atoms with Crippen molar-refractivity contribution in [2.75, 3.05) is 6.61 Å². The smallest absolute Gasteiger partial charge is 0.135 e. The molecule has 4 heteroatoms. The number of hydrogen-bond acceptors (Lipinski definition) is 4. The first-order chi connectivity index (χ1) is 20.8. The molecule has 0 aromatic heterocycles. The zero-order valence-electron chi connectivity index (χ0n) is 26.6. The van der Waals surface area contributed by atoms with Crippen molar-refractivity contribution in [1.29, 1.82) is 0 Å². The van der Waals surface area contributed by atoms with Gasteiger partial charge in [-0.15, -0.1) is 0 Å². The van der Waals surface area contributed by atoms with Gasteiger partial charge in [0, 0.05) is 34.6 Å². The summed E-state index contributed by atoms with van der Waals surface area (Å²) in [5, 5.41) is 3.89. The molecule has 0 spiro atoms. The Morgan fingerprint density at radius 3 is 1.77 bits per heavy atom. The summed E-state index contributed by atoms with van der Waals surface area (Å²) in [5.41, 5.74) is 12.4. The predicted molar refractivity (Wildman–Crippen MR) is 184 cm³/mol. The van der Waals surface area contributed by atoms with Crippen molar-refractivity contribution in [2.45, 2.75) is 79.3 Å². The number of aryl methyl sites for hydroxylation is 3. The third-order valence-corrected chi connectivity index (χ3v) is 8.32. The van der Waals surface area contributed by atoms with Crippen LogP contribution in [0.5, 0.6) is 5.75 Å². The molecule has 4 aromatic carbocycles. The fourth-order valence-electron chi connectivity index (χ4n) is 6.18. The van der Waals surface area contributed by atoms with Gasteiger partial charge in [0.1, 0.15) is 5.75 Å². The summed E-state index contributed by atoms with van der Waals surface area (Å²) < 4.78 is 6.44. The first-order valence-corrected chi connectivity index (χ1v) is 15.7. The zero-order valence-corrected chi connectivity index (χ0v) is 26.6. The van der Waals surface area contributed by atoms with E-state index in [2.05, 4.69) is 132 Å². The van der Waals surface area contributed by atoms with Gasteiger partial charge < -0.3 is 10.1 Å². The molecule has 5 rings (SSSR count).